The van der Waals surface area contributed by atoms with Gasteiger partial charge in [-0.15, -0.1) is 0 Å². The van der Waals surface area contributed by atoms with Gasteiger partial charge in [0.1, 0.15) is 6.04 Å². The largest absolute Gasteiger partial charge is 0.464 e. The number of nitrogens with two attached hydrogens (primary N) is 3. The Bertz CT molecular complexity index is 628. The molecule has 30 heavy (non-hydrogen) atoms. The van der Waals surface area contributed by atoms with Crippen LogP contribution in [0.3, 0.4) is 0 Å². The van der Waals surface area contributed by atoms with Gasteiger partial charge in [-0.2, -0.15) is 9.79 Å². The van der Waals surface area contributed by atoms with Crippen LogP contribution in [0.1, 0.15) is 26.7 Å². The maximum Gasteiger partial charge on any atom is 0.404 e. The van der Waals surface area contributed by atoms with Gasteiger partial charge in [0.05, 0.1) is 13.2 Å². The maximum atomic E-state index is 12.6. The predicted molar refractivity (Wildman–Crippen MR) is 110 cm³/mol. The number of aliphatic imine (C=N–C) groups is 1. The molecule has 0 bridgehead atoms. The summed E-state index contributed by atoms with van der Waals surface area (Å²) in [5.74, 6) is -5.33. The first-order valence-electron chi connectivity index (χ1n) is 9.01. The third kappa shape index (κ3) is 8.73. The molecule has 3 atom stereocenters. The Hall–Kier alpha value is -2.09. The Kier molecular flexibility index (Phi) is 11.7. The van der Waals surface area contributed by atoms with Crippen LogP contribution < -0.4 is 27.9 Å². The van der Waals surface area contributed by atoms with Crippen molar-refractivity contribution >= 4 is 31.6 Å². The van der Waals surface area contributed by atoms with E-state index in [1.165, 1.54) is 0 Å². The average Bonchev–Trinajstić information content (AvgIpc) is 2.67. The fraction of sp³-hybridized carbons (Fsp3) is 0.733. The monoisotopic (exact) mass is 454 g/mol. The average molecular weight is 454 g/mol. The summed E-state index contributed by atoms with van der Waals surface area (Å²) in [5, 5.41) is 12.2. The van der Waals surface area contributed by atoms with E-state index in [9.17, 15) is 29.3 Å². The number of aliphatic hydroxyl groups is 1. The van der Waals surface area contributed by atoms with E-state index in [1.54, 1.807) is 13.8 Å². The zero-order valence-electron chi connectivity index (χ0n) is 17.5. The number of hydrogen-bond acceptors (Lipinski definition) is 10. The van der Waals surface area contributed by atoms with E-state index in [4.69, 9.17) is 17.2 Å². The number of guanidine groups is 1. The summed E-state index contributed by atoms with van der Waals surface area (Å²) < 4.78 is 4.77. The number of carbonyl (C=O) groups excluding carboxylic acids is 3. The SMILES string of the molecule is COC(=O)C(O)[P+](O)(O)N(C)NC(=O)[C@H](CCCN=C(N)N)NC(=O)[C@@H](N)C(C)C. The highest BCUT2D eigenvalue weighted by molar-refractivity contribution is 7.63. The number of esters is 1. The van der Waals surface area contributed by atoms with Crippen molar-refractivity contribution in [1.29, 1.82) is 0 Å². The van der Waals surface area contributed by atoms with Gasteiger partial charge in [-0.1, -0.05) is 13.8 Å². The summed E-state index contributed by atoms with van der Waals surface area (Å²) in [7, 11) is -2.53. The van der Waals surface area contributed by atoms with Crippen LogP contribution in [0, 0.1) is 5.92 Å². The van der Waals surface area contributed by atoms with Crippen LogP contribution in [0.5, 0.6) is 0 Å². The van der Waals surface area contributed by atoms with Crippen LogP contribution in [0.4, 0.5) is 0 Å². The minimum absolute atomic E-state index is 0.0921. The van der Waals surface area contributed by atoms with Crippen LogP contribution in [0.15, 0.2) is 4.99 Å². The third-order valence-corrected chi connectivity index (χ3v) is 5.90. The maximum absolute atomic E-state index is 12.6. The lowest BCUT2D eigenvalue weighted by atomic mass is 10.0. The second-order valence-electron chi connectivity index (χ2n) is 6.79. The Morgan fingerprint density at radius 2 is 1.77 bits per heavy atom. The minimum atomic E-state index is -4.51. The molecule has 0 aromatic heterocycles. The first-order valence-corrected chi connectivity index (χ1v) is 10.7. The van der Waals surface area contributed by atoms with Crippen LogP contribution in [-0.4, -0.2) is 82.0 Å². The fourth-order valence-electron chi connectivity index (χ4n) is 2.06. The topological polar surface area (TPSA) is 239 Å². The van der Waals surface area contributed by atoms with E-state index >= 15 is 0 Å². The molecule has 0 radical (unpaired) electrons. The van der Waals surface area contributed by atoms with Crippen LogP contribution in [0.25, 0.3) is 0 Å². The summed E-state index contributed by atoms with van der Waals surface area (Å²) >= 11 is 0. The lowest BCUT2D eigenvalue weighted by molar-refractivity contribution is -0.147. The van der Waals surface area contributed by atoms with E-state index in [2.05, 4.69) is 20.5 Å². The standard InChI is InChI=1S/C15H32N7O7P/c1-8(2)10(16)12(24)20-9(6-5-7-19-15(17)18)11(23)21-22(3)30(27,28)14(26)13(25)29-4/h8-10,14,26-28H,5-7,16H2,1-4H3,(H5-,17,18,19,20,21,23,24)/p+1/t9-,10-,14?/m0/s1. The molecule has 2 amide bonds. The summed E-state index contributed by atoms with van der Waals surface area (Å²) in [6, 6.07) is -2.01. The first kappa shape index (κ1) is 27.9. The van der Waals surface area contributed by atoms with Crippen molar-refractivity contribution in [3.63, 3.8) is 0 Å². The number of rotatable bonds is 12. The van der Waals surface area contributed by atoms with Gasteiger partial charge in [0.15, 0.2) is 5.96 Å². The molecule has 0 aliphatic rings. The van der Waals surface area contributed by atoms with Gasteiger partial charge in [0, 0.05) is 13.6 Å². The highest BCUT2D eigenvalue weighted by atomic mass is 31.2. The van der Waals surface area contributed by atoms with Crippen molar-refractivity contribution in [1.82, 2.24) is 15.5 Å². The van der Waals surface area contributed by atoms with Crippen LogP contribution in [0.2, 0.25) is 0 Å². The second-order valence-corrected chi connectivity index (χ2v) is 9.11. The number of carbonyl (C=O) groups is 3. The molecule has 11 N–H and O–H groups in total. The van der Waals surface area contributed by atoms with Gasteiger partial charge >= 0.3 is 19.7 Å². The summed E-state index contributed by atoms with van der Waals surface area (Å²) in [5.41, 5.74) is 18.4. The van der Waals surface area contributed by atoms with E-state index in [-0.39, 0.29) is 24.8 Å². The quantitative estimate of drug-likeness (QED) is 0.0363. The molecule has 0 aliphatic carbocycles. The smallest absolute Gasteiger partial charge is 0.404 e. The summed E-state index contributed by atoms with van der Waals surface area (Å²) in [4.78, 5) is 60.2. The highest BCUT2D eigenvalue weighted by Gasteiger charge is 2.55. The molecule has 0 spiro atoms. The number of aliphatic hydroxyl groups excluding tert-OH is 1. The Morgan fingerprint density at radius 3 is 2.23 bits per heavy atom. The predicted octanol–water partition coefficient (Wildman–Crippen LogP) is -3.29. The number of hydrazine groups is 1. The molecule has 0 aromatic carbocycles. The van der Waals surface area contributed by atoms with Crippen molar-refractivity contribution in [2.24, 2.45) is 28.1 Å². The van der Waals surface area contributed by atoms with Crippen LogP contribution in [-0.2, 0) is 19.1 Å². The van der Waals surface area contributed by atoms with Gasteiger partial charge in [-0.05, 0) is 23.5 Å². The minimum Gasteiger partial charge on any atom is -0.464 e. The summed E-state index contributed by atoms with van der Waals surface area (Å²) in [6.07, 6.45) is 0.398. The fourth-order valence-corrected chi connectivity index (χ4v) is 3.03. The number of hydrogen-bond donors (Lipinski definition) is 8. The van der Waals surface area contributed by atoms with E-state index < -0.39 is 43.6 Å². The second kappa shape index (κ2) is 12.6. The van der Waals surface area contributed by atoms with Crippen molar-refractivity contribution in [2.45, 2.75) is 44.6 Å². The molecule has 0 aromatic rings. The van der Waals surface area contributed by atoms with Gasteiger partial charge in [-0.25, -0.2) is 4.79 Å². The molecule has 0 saturated carbocycles. The van der Waals surface area contributed by atoms with E-state index in [1.807, 2.05) is 0 Å². The van der Waals surface area contributed by atoms with Gasteiger partial charge in [0.25, 0.3) is 5.91 Å². The van der Waals surface area contributed by atoms with Crippen molar-refractivity contribution in [3.05, 3.63) is 0 Å². The Morgan fingerprint density at radius 1 is 1.20 bits per heavy atom. The number of nitrogens with zero attached hydrogens (tertiary/aromatic N) is 2. The van der Waals surface area contributed by atoms with Gasteiger partial charge in [0.2, 0.25) is 5.91 Å². The number of methoxy groups -OCH3 is 1. The molecule has 0 heterocycles. The number of amides is 2. The lowest BCUT2D eigenvalue weighted by Crippen LogP contribution is -2.55. The zero-order valence-corrected chi connectivity index (χ0v) is 18.4. The first-order chi connectivity index (χ1) is 13.7. The lowest BCUT2D eigenvalue weighted by Gasteiger charge is -2.27. The molecule has 0 fully saturated rings. The molecule has 0 rings (SSSR count). The molecule has 174 valence electrons. The Balaban J connectivity index is 5.31. The molecule has 0 aliphatic heterocycles. The third-order valence-electron chi connectivity index (χ3n) is 4.05. The Labute approximate surface area is 175 Å². The van der Waals surface area contributed by atoms with Crippen LogP contribution >= 0.6 is 7.87 Å². The summed E-state index contributed by atoms with van der Waals surface area (Å²) in [6.45, 7) is 3.65. The normalized spacial score (nSPS) is 14.6. The molecule has 0 saturated heterocycles. The van der Waals surface area contributed by atoms with E-state index in [0.29, 0.717) is 11.2 Å². The molecule has 14 nitrogen and oxygen atoms in total. The van der Waals surface area contributed by atoms with Gasteiger partial charge in [-0.3, -0.25) is 20.0 Å². The molecular weight excluding hydrogens is 421 g/mol. The molecular formula is C15H33N7O7P+. The zero-order chi connectivity index (χ0) is 23.6. The highest BCUT2D eigenvalue weighted by Crippen LogP contribution is 2.55. The van der Waals surface area contributed by atoms with Crippen molar-refractivity contribution in [3.8, 4) is 0 Å². The van der Waals surface area contributed by atoms with Crippen molar-refractivity contribution in [2.75, 3.05) is 20.7 Å². The van der Waals surface area contributed by atoms with Gasteiger partial charge < -0.3 is 32.4 Å². The van der Waals surface area contributed by atoms with Crippen molar-refractivity contribution < 1.29 is 34.0 Å². The number of nitrogens with one attached hydrogen (secondary N) is 2. The number of ether oxygens (including phenoxy) is 1. The molecule has 15 heteroatoms. The van der Waals surface area contributed by atoms with E-state index in [0.717, 1.165) is 14.2 Å². The molecule has 1 unspecified atom stereocenters.